The molecule has 0 aromatic carbocycles. The van der Waals surface area contributed by atoms with Crippen LogP contribution < -0.4 is 5.73 Å². The van der Waals surface area contributed by atoms with Crippen LogP contribution in [-0.2, 0) is 16.6 Å². The minimum Gasteiger partial charge on any atom is -0.326 e. The van der Waals surface area contributed by atoms with Gasteiger partial charge in [-0.25, -0.2) is 8.42 Å². The lowest BCUT2D eigenvalue weighted by molar-refractivity contribution is 0.457. The molecule has 6 nitrogen and oxygen atoms in total. The minimum absolute atomic E-state index is 0.0520. The molecule has 96 valence electrons. The van der Waals surface area contributed by atoms with E-state index in [0.717, 1.165) is 6.42 Å². The molecule has 0 radical (unpaired) electrons. The molecule has 1 aromatic rings. The Morgan fingerprint density at radius 2 is 2.29 bits per heavy atom. The van der Waals surface area contributed by atoms with E-state index in [2.05, 4.69) is 5.10 Å². The van der Waals surface area contributed by atoms with Gasteiger partial charge in [0.1, 0.15) is 0 Å². The van der Waals surface area contributed by atoms with Crippen molar-refractivity contribution < 1.29 is 8.42 Å². The molecular formula is C10H18N4O2S. The normalized spacial score (nSPS) is 22.2. The number of aromatic nitrogens is 2. The maximum atomic E-state index is 12.4. The van der Waals surface area contributed by atoms with E-state index in [1.54, 1.807) is 13.0 Å². The topological polar surface area (TPSA) is 81.2 Å². The lowest BCUT2D eigenvalue weighted by atomic mass is 10.3. The highest BCUT2D eigenvalue weighted by Crippen LogP contribution is 2.21. The molecule has 1 aromatic heterocycles. The number of rotatable bonds is 3. The summed E-state index contributed by atoms with van der Waals surface area (Å²) in [7, 11) is -3.44. The van der Waals surface area contributed by atoms with Crippen molar-refractivity contribution in [3.8, 4) is 0 Å². The smallest absolute Gasteiger partial charge is 0.260 e. The van der Waals surface area contributed by atoms with Gasteiger partial charge in [-0.2, -0.15) is 9.40 Å². The van der Waals surface area contributed by atoms with Gasteiger partial charge in [0.05, 0.1) is 5.69 Å². The quantitative estimate of drug-likeness (QED) is 0.823. The van der Waals surface area contributed by atoms with Crippen molar-refractivity contribution in [3.05, 3.63) is 11.8 Å². The molecule has 1 atom stereocenters. The third-order valence-electron chi connectivity index (χ3n) is 2.96. The highest BCUT2D eigenvalue weighted by molar-refractivity contribution is 7.89. The first-order valence-corrected chi connectivity index (χ1v) is 7.19. The van der Waals surface area contributed by atoms with Crippen molar-refractivity contribution in [1.82, 2.24) is 14.1 Å². The predicted octanol–water partition coefficient (Wildman–Crippen LogP) is -0.0669. The number of nitrogens with two attached hydrogens (primary N) is 1. The van der Waals surface area contributed by atoms with Crippen molar-refractivity contribution in [2.75, 3.05) is 13.1 Å². The van der Waals surface area contributed by atoms with Gasteiger partial charge in [-0.05, 0) is 26.3 Å². The van der Waals surface area contributed by atoms with Gasteiger partial charge in [0, 0.05) is 25.7 Å². The first-order chi connectivity index (χ1) is 7.95. The standard InChI is InChI=1S/C10H18N4O2S/c1-3-14-10(6-8(2)12-14)17(15,16)13-5-4-9(11)7-13/h6,9H,3-5,7,11H2,1-2H3/t9-/m1/s1. The maximum Gasteiger partial charge on any atom is 0.260 e. The molecule has 7 heteroatoms. The van der Waals surface area contributed by atoms with Crippen LogP contribution in [-0.4, -0.2) is 41.6 Å². The summed E-state index contributed by atoms with van der Waals surface area (Å²) in [4.78, 5) is 0. The lowest BCUT2D eigenvalue weighted by Gasteiger charge is -2.16. The van der Waals surface area contributed by atoms with Crippen LogP contribution in [0.25, 0.3) is 0 Å². The number of sulfonamides is 1. The monoisotopic (exact) mass is 258 g/mol. The van der Waals surface area contributed by atoms with Gasteiger partial charge >= 0.3 is 0 Å². The van der Waals surface area contributed by atoms with E-state index in [9.17, 15) is 8.42 Å². The van der Waals surface area contributed by atoms with Gasteiger partial charge in [-0.15, -0.1) is 0 Å². The zero-order valence-corrected chi connectivity index (χ0v) is 10.9. The van der Waals surface area contributed by atoms with Gasteiger partial charge in [0.25, 0.3) is 10.0 Å². The zero-order valence-electron chi connectivity index (χ0n) is 10.1. The van der Waals surface area contributed by atoms with Crippen molar-refractivity contribution in [1.29, 1.82) is 0 Å². The summed E-state index contributed by atoms with van der Waals surface area (Å²) < 4.78 is 27.7. The largest absolute Gasteiger partial charge is 0.326 e. The molecule has 1 aliphatic heterocycles. The predicted molar refractivity (Wildman–Crippen MR) is 64.0 cm³/mol. The van der Waals surface area contributed by atoms with E-state index in [4.69, 9.17) is 5.73 Å². The van der Waals surface area contributed by atoms with Crippen LogP contribution in [0.2, 0.25) is 0 Å². The number of nitrogens with zero attached hydrogens (tertiary/aromatic N) is 3. The van der Waals surface area contributed by atoms with Gasteiger partial charge < -0.3 is 5.73 Å². The molecule has 0 saturated carbocycles. The molecule has 0 aliphatic carbocycles. The molecule has 2 heterocycles. The van der Waals surface area contributed by atoms with Crippen molar-refractivity contribution >= 4 is 10.0 Å². The molecule has 2 N–H and O–H groups in total. The van der Waals surface area contributed by atoms with Crippen LogP contribution in [0.1, 0.15) is 19.0 Å². The average Bonchev–Trinajstić information content (AvgIpc) is 2.84. The van der Waals surface area contributed by atoms with Crippen LogP contribution in [0.3, 0.4) is 0 Å². The van der Waals surface area contributed by atoms with Crippen LogP contribution in [0.5, 0.6) is 0 Å². The van der Waals surface area contributed by atoms with Crippen LogP contribution >= 0.6 is 0 Å². The average molecular weight is 258 g/mol. The first-order valence-electron chi connectivity index (χ1n) is 5.75. The minimum atomic E-state index is -3.44. The van der Waals surface area contributed by atoms with Gasteiger partial charge in [-0.1, -0.05) is 0 Å². The fourth-order valence-electron chi connectivity index (χ4n) is 2.06. The molecule has 0 unspecified atom stereocenters. The lowest BCUT2D eigenvalue weighted by Crippen LogP contribution is -2.33. The molecule has 1 saturated heterocycles. The summed E-state index contributed by atoms with van der Waals surface area (Å²) in [6.45, 7) is 5.11. The maximum absolute atomic E-state index is 12.4. The number of hydrogen-bond acceptors (Lipinski definition) is 4. The Balaban J connectivity index is 2.37. The van der Waals surface area contributed by atoms with E-state index >= 15 is 0 Å². The van der Waals surface area contributed by atoms with E-state index in [0.29, 0.717) is 25.3 Å². The third-order valence-corrected chi connectivity index (χ3v) is 4.83. The number of aryl methyl sites for hydroxylation is 2. The summed E-state index contributed by atoms with van der Waals surface area (Å²) in [5.41, 5.74) is 6.46. The molecule has 0 spiro atoms. The van der Waals surface area contributed by atoms with Crippen molar-refractivity contribution in [3.63, 3.8) is 0 Å². The van der Waals surface area contributed by atoms with E-state index in [1.807, 2.05) is 6.92 Å². The molecule has 17 heavy (non-hydrogen) atoms. The fourth-order valence-corrected chi connectivity index (χ4v) is 3.81. The summed E-state index contributed by atoms with van der Waals surface area (Å²) >= 11 is 0. The second-order valence-corrected chi connectivity index (χ2v) is 6.24. The molecule has 0 amide bonds. The summed E-state index contributed by atoms with van der Waals surface area (Å²) in [5, 5.41) is 4.44. The number of hydrogen-bond donors (Lipinski definition) is 1. The zero-order chi connectivity index (χ0) is 12.6. The highest BCUT2D eigenvalue weighted by atomic mass is 32.2. The third kappa shape index (κ3) is 2.22. The van der Waals surface area contributed by atoms with Gasteiger partial charge in [0.2, 0.25) is 0 Å². The van der Waals surface area contributed by atoms with E-state index in [1.165, 1.54) is 8.99 Å². The van der Waals surface area contributed by atoms with E-state index in [-0.39, 0.29) is 11.1 Å². The van der Waals surface area contributed by atoms with Crippen LogP contribution in [0.15, 0.2) is 11.1 Å². The SMILES string of the molecule is CCn1nc(C)cc1S(=O)(=O)N1CC[C@@H](N)C1. The molecular weight excluding hydrogens is 240 g/mol. The summed E-state index contributed by atoms with van der Waals surface area (Å²) in [5.74, 6) is 0. The fraction of sp³-hybridized carbons (Fsp3) is 0.700. The Kier molecular flexibility index (Phi) is 3.24. The Hall–Kier alpha value is -0.920. The Morgan fingerprint density at radius 3 is 2.82 bits per heavy atom. The van der Waals surface area contributed by atoms with E-state index < -0.39 is 10.0 Å². The van der Waals surface area contributed by atoms with Crippen molar-refractivity contribution in [2.24, 2.45) is 5.73 Å². The molecule has 1 fully saturated rings. The Morgan fingerprint density at radius 1 is 1.59 bits per heavy atom. The van der Waals surface area contributed by atoms with Crippen LogP contribution in [0.4, 0.5) is 0 Å². The summed E-state index contributed by atoms with van der Waals surface area (Å²) in [6, 6.07) is 1.56. The van der Waals surface area contributed by atoms with Gasteiger partial charge in [0.15, 0.2) is 5.03 Å². The molecule has 0 bridgehead atoms. The Labute approximate surface area is 101 Å². The van der Waals surface area contributed by atoms with Gasteiger partial charge in [-0.3, -0.25) is 4.68 Å². The van der Waals surface area contributed by atoms with Crippen molar-refractivity contribution in [2.45, 2.75) is 37.9 Å². The first kappa shape index (κ1) is 12.5. The van der Waals surface area contributed by atoms with Crippen LogP contribution in [0, 0.1) is 6.92 Å². The molecule has 1 aliphatic rings. The second-order valence-electron chi connectivity index (χ2n) is 4.35. The highest BCUT2D eigenvalue weighted by Gasteiger charge is 2.33. The molecule has 2 rings (SSSR count). The summed E-state index contributed by atoms with van der Waals surface area (Å²) in [6.07, 6.45) is 0.721. The second kappa shape index (κ2) is 4.40. The Bertz CT molecular complexity index is 508.